The monoisotopic (exact) mass is 2370 g/mol. The van der Waals surface area contributed by atoms with E-state index in [4.69, 9.17) is 0 Å². The molecule has 97 heteroatoms. The highest BCUT2D eigenvalue weighted by Gasteiger charge is 3.15. The molecule has 0 saturated heterocycles. The fraction of sp³-hybridized carbons (Fsp3) is 1.00. The topological polar surface area (TPSA) is 18.5 Å². The van der Waals surface area contributed by atoms with Gasteiger partial charge in [-0.15, -0.1) is 0 Å². The van der Waals surface area contributed by atoms with Crippen LogP contribution < -0.4 is 0 Å². The van der Waals surface area contributed by atoms with Crippen LogP contribution in [0.1, 0.15) is 0 Å². The Morgan fingerprint density at radius 3 is 0.223 bits per heavy atom. The minimum Gasteiger partial charge on any atom is -0.395 e. The van der Waals surface area contributed by atoms with Gasteiger partial charge in [0.15, 0.2) is 0 Å². The Bertz CT molecular complexity index is 3750. The molecule has 0 aliphatic carbocycles. The molecule has 0 radical (unpaired) electrons. The zero-order valence-corrected chi connectivity index (χ0v) is 61.1. The summed E-state index contributed by atoms with van der Waals surface area (Å²) in [5, 5.41) is 0. The van der Waals surface area contributed by atoms with Crippen molar-refractivity contribution >= 4 is 25.5 Å². The second kappa shape index (κ2) is 32.1. The molecule has 0 aromatic heterocycles. The molecular formula is C42F92O2Si3. The van der Waals surface area contributed by atoms with Crippen LogP contribution in [0.25, 0.3) is 0 Å². The summed E-state index contributed by atoms with van der Waals surface area (Å²) >= 11 is 0. The van der Waals surface area contributed by atoms with Crippen molar-refractivity contribution < 1.29 is 412 Å². The van der Waals surface area contributed by atoms with Crippen molar-refractivity contribution in [3.63, 3.8) is 0 Å². The normalized spacial score (nSPS) is 17.7. The van der Waals surface area contributed by atoms with Gasteiger partial charge in [0.05, 0.1) is 0 Å². The Hall–Kier alpha value is -5.87. The van der Waals surface area contributed by atoms with E-state index in [1.54, 1.807) is 0 Å². The molecule has 0 aliphatic rings. The second-order valence-corrected chi connectivity index (χ2v) is 35.5. The van der Waals surface area contributed by atoms with Crippen molar-refractivity contribution in [2.75, 3.05) is 0 Å². The van der Waals surface area contributed by atoms with Crippen molar-refractivity contribution in [1.82, 2.24) is 0 Å². The van der Waals surface area contributed by atoms with E-state index < -0.39 is 282 Å². The SMILES string of the molecule is FC(F)(F)C(F)(F)C(F)(F)C(F)(F)C(F)(F)C(F)(F)[Si](F)(O[Si](C(F)(F)C(F)(F)C(F)(F)C(F)(F)C(F)(F)C(F)(F)F)(C(F)(F)C(F)(F)C(F)(F)C(F)(F)C(F)(F)C(F)(F)F)C(F)(F)C(F)(F)C(F)(F)C(F)(F)C(F)(F)C(F)(F)F)O[Si](C(F)(F)C(F)(F)C(F)(F)C(F)(F)C(F)(F)C(F)(F)F)(C(F)(F)C(F)(F)C(F)(F)C(F)(F)C(F)(F)C(F)(F)F)C(F)(F)C(F)(F)C(F)(F)C(F)(F)C(F)(F)C(F)(F)F. The molecule has 0 unspecified atom stereocenters. The number of rotatable bonds is 39. The van der Waals surface area contributed by atoms with Gasteiger partial charge in [-0.25, -0.2) is 56.8 Å². The molecule has 0 spiro atoms. The Balaban J connectivity index is 15.6. The molecular weight excluding hydrogens is 2370 g/mol. The third-order valence-electron chi connectivity index (χ3n) is 17.1. The van der Waals surface area contributed by atoms with Crippen LogP contribution in [0, 0.1) is 0 Å². The van der Waals surface area contributed by atoms with Crippen LogP contribution in [0.15, 0.2) is 0 Å². The lowest BCUT2D eigenvalue weighted by atomic mass is 9.97. The summed E-state index contributed by atoms with van der Waals surface area (Å²) in [6, 6.07) is 0. The first kappa shape index (κ1) is 133. The summed E-state index contributed by atoms with van der Waals surface area (Å²) in [6.45, 7) is 0. The highest BCUT2D eigenvalue weighted by atomic mass is 28.5. The quantitative estimate of drug-likeness (QED) is 0.0347. The summed E-state index contributed by atoms with van der Waals surface area (Å²) in [5.41, 5.74) is -105. The molecule has 0 rings (SSSR count). The summed E-state index contributed by atoms with van der Waals surface area (Å²) < 4.78 is 1390. The van der Waals surface area contributed by atoms with Gasteiger partial charge < -0.3 is 8.23 Å². The van der Waals surface area contributed by atoms with Gasteiger partial charge in [-0.05, 0) is 0 Å². The zero-order valence-electron chi connectivity index (χ0n) is 58.1. The minimum atomic E-state index is -19.5. The Kier molecular flexibility index (Phi) is 30.7. The maximum atomic E-state index is 18.7. The predicted molar refractivity (Wildman–Crippen MR) is 236 cm³/mol. The van der Waals surface area contributed by atoms with Gasteiger partial charge in [0.1, 0.15) is 0 Å². The van der Waals surface area contributed by atoms with E-state index in [-0.39, 0.29) is 0 Å². The van der Waals surface area contributed by atoms with E-state index in [9.17, 15) is 215 Å². The molecule has 0 atom stereocenters. The maximum Gasteiger partial charge on any atom is 0.600 e. The fourth-order valence-electron chi connectivity index (χ4n) is 9.01. The van der Waals surface area contributed by atoms with Gasteiger partial charge in [-0.2, -0.15) is 347 Å². The summed E-state index contributed by atoms with van der Waals surface area (Å²) in [7, 11) is -58.2. The number of hydrogen-bond acceptors (Lipinski definition) is 2. The third kappa shape index (κ3) is 15.2. The van der Waals surface area contributed by atoms with Crippen LogP contribution in [-0.2, 0) is 8.23 Å². The van der Waals surface area contributed by atoms with Crippen molar-refractivity contribution in [3.8, 4) is 0 Å². The third-order valence-corrected chi connectivity index (χ3v) is 29.9. The molecule has 0 aromatic carbocycles. The Labute approximate surface area is 686 Å². The molecule has 0 N–H and O–H groups in total. The molecule has 836 valence electrons. The zero-order chi connectivity index (χ0) is 116. The lowest BCUT2D eigenvalue weighted by molar-refractivity contribution is -0.447. The molecule has 0 bridgehead atoms. The lowest BCUT2D eigenvalue weighted by Gasteiger charge is -2.58. The average molecular weight is 2370 g/mol. The van der Waals surface area contributed by atoms with Gasteiger partial charge in [0.25, 0.3) is 0 Å². The molecule has 0 saturated carbocycles. The second-order valence-electron chi connectivity index (χ2n) is 25.7. The first-order chi connectivity index (χ1) is 57.9. The summed E-state index contributed by atoms with van der Waals surface area (Å²) in [4.78, 5) is 0. The van der Waals surface area contributed by atoms with Gasteiger partial charge in [-0.1, -0.05) is 0 Å². The molecule has 0 aromatic rings. The molecule has 2 nitrogen and oxygen atoms in total. The first-order valence-corrected chi connectivity index (χ1v) is 34.2. The van der Waals surface area contributed by atoms with Gasteiger partial charge in [0.2, 0.25) is 0 Å². The summed E-state index contributed by atoms with van der Waals surface area (Å²) in [6.07, 6.45) is -73.1. The van der Waals surface area contributed by atoms with Crippen LogP contribution >= 0.6 is 0 Å². The molecule has 0 amide bonds. The van der Waals surface area contributed by atoms with E-state index in [1.807, 2.05) is 0 Å². The van der Waals surface area contributed by atoms with Crippen molar-refractivity contribution in [2.24, 2.45) is 0 Å². The van der Waals surface area contributed by atoms with Gasteiger partial charge >= 0.3 is 273 Å². The number of halogens is 92. The molecule has 0 aliphatic heterocycles. The van der Waals surface area contributed by atoms with Crippen molar-refractivity contribution in [3.05, 3.63) is 0 Å². The van der Waals surface area contributed by atoms with E-state index >= 15 is 189 Å². The average Bonchev–Trinajstić information content (AvgIpc) is 0.634. The van der Waals surface area contributed by atoms with E-state index in [0.29, 0.717) is 0 Å². The van der Waals surface area contributed by atoms with Crippen LogP contribution in [0.3, 0.4) is 0 Å². The van der Waals surface area contributed by atoms with Crippen molar-refractivity contribution in [1.29, 1.82) is 0 Å². The molecule has 0 heterocycles. The van der Waals surface area contributed by atoms with Gasteiger partial charge in [-0.3, -0.25) is 0 Å². The van der Waals surface area contributed by atoms with Crippen molar-refractivity contribution in [2.45, 2.75) is 248 Å². The fourth-order valence-corrected chi connectivity index (χ4v) is 23.3. The molecule has 139 heavy (non-hydrogen) atoms. The van der Waals surface area contributed by atoms with Crippen LogP contribution in [0.4, 0.5) is 404 Å². The lowest BCUT2D eigenvalue weighted by Crippen LogP contribution is -2.96. The smallest absolute Gasteiger partial charge is 0.395 e. The minimum absolute atomic E-state index is 1.39. The van der Waals surface area contributed by atoms with Crippen LogP contribution in [0.5, 0.6) is 0 Å². The molecule has 0 fully saturated rings. The maximum absolute atomic E-state index is 19.5. The number of hydrogen-bond donors (Lipinski definition) is 0. The standard InChI is InChI=1S/C42F92O2Si3/c43-1(44,15(71,72)29(99,100)101)8(57,58)22(85,86)36(120,121)137(37(122,123)23(87,88)9(59,60)2(45,46)16(73,74)30(102,103)104,38(124,125)24(89,90)10(61,62)3(47,48)17(75,76)31(105,106)107)135-139(134,42(132,133)28(97,98)14(69,70)7(55,56)21(83,84)35(117,118)119)136-138(39(126,127)25(91,92)11(63,64)4(49,50)18(77,78)32(108,109)110,40(128,129)26(93,94)12(65,66)5(51,52)19(79,80)33(111,112)113)41(130,131)27(95,96)13(67,68)6(53,54)20(81,82)34(114,115)116. The predicted octanol–water partition coefficient (Wildman–Crippen LogP) is 28.8. The highest BCUT2D eigenvalue weighted by molar-refractivity contribution is 6.94. The van der Waals surface area contributed by atoms with Crippen LogP contribution in [-0.4, -0.2) is 273 Å². The number of alkyl halides is 91. The van der Waals surface area contributed by atoms with Gasteiger partial charge in [0, 0.05) is 0 Å². The van der Waals surface area contributed by atoms with E-state index in [0.717, 1.165) is 0 Å². The highest BCUT2D eigenvalue weighted by Crippen LogP contribution is 2.79. The van der Waals surface area contributed by atoms with Crippen LogP contribution in [0.2, 0.25) is 0 Å². The first-order valence-electron chi connectivity index (χ1n) is 28.7. The summed E-state index contributed by atoms with van der Waals surface area (Å²) in [5.74, 6) is -354. The van der Waals surface area contributed by atoms with E-state index in [1.165, 1.54) is 0 Å². The van der Waals surface area contributed by atoms with E-state index in [2.05, 4.69) is 0 Å². The largest absolute Gasteiger partial charge is 0.600 e. The Morgan fingerprint density at radius 1 is 0.0863 bits per heavy atom. The Morgan fingerprint density at radius 2 is 0.151 bits per heavy atom.